The van der Waals surface area contributed by atoms with E-state index in [1.54, 1.807) is 0 Å². The molecule has 0 aliphatic carbocycles. The second-order valence-corrected chi connectivity index (χ2v) is 20.9. The van der Waals surface area contributed by atoms with Gasteiger partial charge in [-0.1, -0.05) is 192 Å². The zero-order chi connectivity index (χ0) is 53.2. The van der Waals surface area contributed by atoms with Crippen LogP contribution in [0.1, 0.15) is 271 Å². The molecule has 0 fully saturated rings. The predicted molar refractivity (Wildman–Crippen MR) is 306 cm³/mol. The maximum Gasteiger partial charge on any atom is 0.308 e. The molecule has 0 bridgehead atoms. The van der Waals surface area contributed by atoms with E-state index in [0.29, 0.717) is 19.8 Å². The summed E-state index contributed by atoms with van der Waals surface area (Å²) in [6.45, 7) is 9.34. The second-order valence-electron chi connectivity index (χ2n) is 20.9. The predicted octanol–water partition coefficient (Wildman–Crippen LogP) is 16.9. The van der Waals surface area contributed by atoms with Gasteiger partial charge in [-0.3, -0.25) is 19.3 Å². The highest BCUT2D eigenvalue weighted by Gasteiger charge is 2.34. The molecule has 0 heterocycles. The molecule has 10 nitrogen and oxygen atoms in total. The Morgan fingerprint density at radius 1 is 0.315 bits per heavy atom. The van der Waals surface area contributed by atoms with Crippen molar-refractivity contribution in [3.8, 4) is 0 Å². The number of hydrogen-bond donors (Lipinski definition) is 0. The van der Waals surface area contributed by atoms with Crippen LogP contribution in [0.3, 0.4) is 0 Å². The van der Waals surface area contributed by atoms with Gasteiger partial charge in [-0.15, -0.1) is 0 Å². The molecule has 0 unspecified atom stereocenters. The topological polar surface area (TPSA) is 110 Å². The van der Waals surface area contributed by atoms with Crippen LogP contribution in [-0.4, -0.2) is 102 Å². The van der Waals surface area contributed by atoms with Gasteiger partial charge >= 0.3 is 17.9 Å². The molecule has 0 radical (unpaired) electrons. The summed E-state index contributed by atoms with van der Waals surface area (Å²) in [6, 6.07) is 0. The first-order chi connectivity index (χ1) is 35.8. The Morgan fingerprint density at radius 3 is 0.767 bits per heavy atom. The zero-order valence-electron chi connectivity index (χ0n) is 48.5. The molecule has 0 N–H and O–H groups in total. The highest BCUT2D eigenvalue weighted by Crippen LogP contribution is 2.18. The maximum atomic E-state index is 12.6. The van der Waals surface area contributed by atoms with E-state index < -0.39 is 5.54 Å². The van der Waals surface area contributed by atoms with Gasteiger partial charge in [-0.05, 0) is 110 Å². The highest BCUT2D eigenvalue weighted by atomic mass is 16.5. The molecule has 0 aromatic heterocycles. The van der Waals surface area contributed by atoms with Gasteiger partial charge in [-0.2, -0.15) is 0 Å². The van der Waals surface area contributed by atoms with E-state index in [0.717, 1.165) is 57.8 Å². The molecule has 0 amide bonds. The van der Waals surface area contributed by atoms with Gasteiger partial charge < -0.3 is 28.4 Å². The number of nitrogens with zero attached hydrogens (tertiary/aromatic N) is 1. The number of allylic oxidation sites excluding steroid dienone is 6. The van der Waals surface area contributed by atoms with E-state index in [-0.39, 0.29) is 76.8 Å². The largest absolute Gasteiger partial charge is 0.466 e. The van der Waals surface area contributed by atoms with Crippen LogP contribution in [0.5, 0.6) is 0 Å². The number of likely N-dealkylation sites (N-methyl/N-ethyl adjacent to an activating group) is 1. The standard InChI is InChI=1S/C63H117NO9/c1-6-9-12-15-18-21-24-27-30-33-36-39-42-45-51-71-60(65)48-54-68-57-63(64(4)5,58-69-55-49-61(66)72-52-46-43-40-37-34-31-28-25-22-19-16-13-10-7-2)59-70-56-50-62(67)73-53-47-44-41-38-35-32-29-26-23-20-17-14-11-8-3/h21-26H,6-20,27-59H2,1-5H3/b24-21-,25-22-,26-23-. The van der Waals surface area contributed by atoms with Crippen LogP contribution in [0.25, 0.3) is 0 Å². The molecule has 0 saturated heterocycles. The van der Waals surface area contributed by atoms with E-state index >= 15 is 0 Å². The fourth-order valence-corrected chi connectivity index (χ4v) is 8.53. The second kappa shape index (κ2) is 57.2. The third kappa shape index (κ3) is 51.4. The summed E-state index contributed by atoms with van der Waals surface area (Å²) in [6.07, 6.45) is 58.0. The van der Waals surface area contributed by atoms with Crippen LogP contribution in [-0.2, 0) is 42.8 Å². The first-order valence-corrected chi connectivity index (χ1v) is 30.6. The smallest absolute Gasteiger partial charge is 0.308 e. The number of hydrogen-bond acceptors (Lipinski definition) is 10. The van der Waals surface area contributed by atoms with Crippen molar-refractivity contribution in [1.29, 1.82) is 0 Å². The summed E-state index contributed by atoms with van der Waals surface area (Å²) in [5, 5.41) is 0. The molecule has 0 spiro atoms. The molecular weight excluding hydrogens is 915 g/mol. The van der Waals surface area contributed by atoms with Crippen LogP contribution in [0.4, 0.5) is 0 Å². The summed E-state index contributed by atoms with van der Waals surface area (Å²) in [4.78, 5) is 39.7. The highest BCUT2D eigenvalue weighted by molar-refractivity contribution is 5.70. The maximum absolute atomic E-state index is 12.6. The van der Waals surface area contributed by atoms with Gasteiger partial charge in [0.25, 0.3) is 0 Å². The molecule has 0 aliphatic heterocycles. The summed E-state index contributed by atoms with van der Waals surface area (Å²) in [5.41, 5.74) is -0.725. The Kier molecular flexibility index (Phi) is 55.2. The lowest BCUT2D eigenvalue weighted by Crippen LogP contribution is -2.55. The van der Waals surface area contributed by atoms with Crippen molar-refractivity contribution in [2.45, 2.75) is 277 Å². The van der Waals surface area contributed by atoms with Crippen molar-refractivity contribution in [3.05, 3.63) is 36.5 Å². The van der Waals surface area contributed by atoms with E-state index in [1.165, 1.54) is 173 Å². The third-order valence-corrected chi connectivity index (χ3v) is 13.7. The van der Waals surface area contributed by atoms with E-state index in [4.69, 9.17) is 28.4 Å². The molecule has 0 aromatic rings. The van der Waals surface area contributed by atoms with Crippen molar-refractivity contribution in [2.75, 3.05) is 73.6 Å². The van der Waals surface area contributed by atoms with Crippen molar-refractivity contribution >= 4 is 17.9 Å². The minimum Gasteiger partial charge on any atom is -0.466 e. The number of ether oxygens (including phenoxy) is 6. The summed E-state index contributed by atoms with van der Waals surface area (Å²) in [5.74, 6) is -0.792. The molecule has 428 valence electrons. The average Bonchev–Trinajstić information content (AvgIpc) is 3.38. The van der Waals surface area contributed by atoms with Gasteiger partial charge in [0.05, 0.1) is 84.3 Å². The lowest BCUT2D eigenvalue weighted by Gasteiger charge is -2.39. The SMILES string of the molecule is CCCCCC/C=C\CCCCCCCCOC(=O)CCOCC(COCCC(=O)OCCCCCCCC/C=C\CCCCCC)(COCCC(=O)OCCCCCCCC/C=C\CCCCCC)N(C)C. The van der Waals surface area contributed by atoms with Crippen molar-refractivity contribution in [2.24, 2.45) is 0 Å². The van der Waals surface area contributed by atoms with Crippen LogP contribution in [0, 0.1) is 0 Å². The monoisotopic (exact) mass is 1030 g/mol. The summed E-state index contributed by atoms with van der Waals surface area (Å²) >= 11 is 0. The van der Waals surface area contributed by atoms with Crippen LogP contribution >= 0.6 is 0 Å². The zero-order valence-corrected chi connectivity index (χ0v) is 48.5. The minimum atomic E-state index is -0.725. The van der Waals surface area contributed by atoms with E-state index in [2.05, 4.69) is 57.2 Å². The Labute approximate surface area is 450 Å². The van der Waals surface area contributed by atoms with Crippen LogP contribution < -0.4 is 0 Å². The molecule has 0 rings (SSSR count). The van der Waals surface area contributed by atoms with E-state index in [9.17, 15) is 14.4 Å². The minimum absolute atomic E-state index is 0.156. The van der Waals surface area contributed by atoms with Gasteiger partial charge in [0.15, 0.2) is 0 Å². The quantitative estimate of drug-likeness (QED) is 0.0253. The summed E-state index contributed by atoms with van der Waals surface area (Å²) in [7, 11) is 3.86. The first kappa shape index (κ1) is 70.5. The Morgan fingerprint density at radius 2 is 0.534 bits per heavy atom. The number of rotatable bonds is 58. The lowest BCUT2D eigenvalue weighted by molar-refractivity contribution is -0.146. The van der Waals surface area contributed by atoms with Gasteiger partial charge in [0, 0.05) is 0 Å². The Hall–Kier alpha value is -2.53. The number of esters is 3. The molecule has 0 atom stereocenters. The Balaban J connectivity index is 4.63. The molecule has 73 heavy (non-hydrogen) atoms. The molecule has 10 heteroatoms. The molecule has 0 aliphatic rings. The van der Waals surface area contributed by atoms with Crippen molar-refractivity contribution < 1.29 is 42.8 Å². The molecule has 0 saturated carbocycles. The van der Waals surface area contributed by atoms with Crippen molar-refractivity contribution in [1.82, 2.24) is 4.90 Å². The first-order valence-electron chi connectivity index (χ1n) is 30.6. The van der Waals surface area contributed by atoms with Crippen LogP contribution in [0.15, 0.2) is 36.5 Å². The average molecular weight is 1030 g/mol. The molecule has 0 aromatic carbocycles. The third-order valence-electron chi connectivity index (χ3n) is 13.7. The normalized spacial score (nSPS) is 12.1. The number of unbranched alkanes of at least 4 members (excludes halogenated alkanes) is 30. The van der Waals surface area contributed by atoms with Gasteiger partial charge in [0.1, 0.15) is 0 Å². The number of carbonyl (C=O) groups excluding carboxylic acids is 3. The lowest BCUT2D eigenvalue weighted by atomic mass is 10.0. The van der Waals surface area contributed by atoms with Crippen LogP contribution in [0.2, 0.25) is 0 Å². The van der Waals surface area contributed by atoms with Gasteiger partial charge in [0.2, 0.25) is 0 Å². The fraction of sp³-hybridized carbons (Fsp3) is 0.857. The molecular formula is C63H117NO9. The summed E-state index contributed by atoms with van der Waals surface area (Å²) < 4.78 is 34.8. The van der Waals surface area contributed by atoms with Gasteiger partial charge in [-0.25, -0.2) is 0 Å². The van der Waals surface area contributed by atoms with Crippen molar-refractivity contribution in [3.63, 3.8) is 0 Å². The van der Waals surface area contributed by atoms with E-state index in [1.807, 2.05) is 19.0 Å². The fourth-order valence-electron chi connectivity index (χ4n) is 8.53. The Bertz CT molecular complexity index is 1140. The number of carbonyl (C=O) groups is 3.